The second kappa shape index (κ2) is 4.94. The van der Waals surface area contributed by atoms with Crippen molar-refractivity contribution < 1.29 is 32.6 Å². The molecule has 0 amide bonds. The van der Waals surface area contributed by atoms with Crippen LogP contribution in [0.1, 0.15) is 29.9 Å². The van der Waals surface area contributed by atoms with Gasteiger partial charge in [0.2, 0.25) is 0 Å². The summed E-state index contributed by atoms with van der Waals surface area (Å²) in [4.78, 5) is 0. The minimum Gasteiger partial charge on any atom is -0.509 e. The summed E-state index contributed by atoms with van der Waals surface area (Å²) in [5.74, 6) is -0.275. The zero-order valence-electron chi connectivity index (χ0n) is 10.1. The molecule has 0 radical (unpaired) electrons. The summed E-state index contributed by atoms with van der Waals surface area (Å²) in [7, 11) is -0.911. The average molecular weight is 276 g/mol. The zero-order valence-corrected chi connectivity index (χ0v) is 10.1. The van der Waals surface area contributed by atoms with Crippen molar-refractivity contribution in [3.8, 4) is 11.5 Å². The lowest BCUT2D eigenvalue weighted by Gasteiger charge is -2.17. The van der Waals surface area contributed by atoms with Gasteiger partial charge in [-0.05, 0) is 30.9 Å². The lowest BCUT2D eigenvalue weighted by molar-refractivity contribution is -0.137. The van der Waals surface area contributed by atoms with Crippen molar-refractivity contribution in [3.05, 3.63) is 23.3 Å². The van der Waals surface area contributed by atoms with E-state index in [0.717, 1.165) is 25.0 Å². The van der Waals surface area contributed by atoms with Gasteiger partial charge in [0, 0.05) is 5.56 Å². The van der Waals surface area contributed by atoms with Crippen molar-refractivity contribution in [1.29, 1.82) is 0 Å². The van der Waals surface area contributed by atoms with Crippen LogP contribution < -0.4 is 9.39 Å². The Balaban J connectivity index is 2.51. The highest BCUT2D eigenvalue weighted by Crippen LogP contribution is 2.49. The van der Waals surface area contributed by atoms with Gasteiger partial charge in [-0.3, -0.25) is 0 Å². The summed E-state index contributed by atoms with van der Waals surface area (Å²) < 4.78 is 47.9. The molecular weight excluding hydrogens is 264 g/mol. The maximum absolute atomic E-state index is 12.8. The monoisotopic (exact) mass is 276 g/mol. The van der Waals surface area contributed by atoms with Crippen molar-refractivity contribution in [2.45, 2.75) is 24.9 Å². The summed E-state index contributed by atoms with van der Waals surface area (Å²) in [5.41, 5.74) is -0.550. The fourth-order valence-corrected chi connectivity index (χ4v) is 1.87. The Kier molecular flexibility index (Phi) is 3.64. The van der Waals surface area contributed by atoms with Crippen LogP contribution >= 0.6 is 0 Å². The van der Waals surface area contributed by atoms with E-state index in [0.29, 0.717) is 5.56 Å². The summed E-state index contributed by atoms with van der Waals surface area (Å²) in [6, 6.07) is 1.75. The number of halogens is 3. The molecular formula is C11H12BF3O4. The maximum Gasteiger partial charge on any atom is 0.707 e. The topological polar surface area (TPSA) is 58.9 Å². The number of alkyl halides is 3. The van der Waals surface area contributed by atoms with Gasteiger partial charge >= 0.3 is 13.5 Å². The Labute approximate surface area is 107 Å². The number of methoxy groups -OCH3 is 1. The minimum absolute atomic E-state index is 0.0481. The van der Waals surface area contributed by atoms with Gasteiger partial charge < -0.3 is 19.4 Å². The van der Waals surface area contributed by atoms with E-state index in [2.05, 4.69) is 0 Å². The van der Waals surface area contributed by atoms with Crippen LogP contribution in [0.4, 0.5) is 13.2 Å². The molecule has 4 nitrogen and oxygen atoms in total. The lowest BCUT2D eigenvalue weighted by atomic mass is 10.0. The molecule has 19 heavy (non-hydrogen) atoms. The second-order valence-electron chi connectivity index (χ2n) is 4.31. The normalized spacial score (nSPS) is 15.3. The Hall–Kier alpha value is -1.41. The third-order valence-electron chi connectivity index (χ3n) is 2.87. The van der Waals surface area contributed by atoms with Crippen LogP contribution in [-0.4, -0.2) is 24.5 Å². The molecule has 1 aromatic rings. The third-order valence-corrected chi connectivity index (χ3v) is 2.87. The van der Waals surface area contributed by atoms with E-state index in [1.54, 1.807) is 0 Å². The molecule has 0 aromatic heterocycles. The van der Waals surface area contributed by atoms with E-state index in [4.69, 9.17) is 19.4 Å². The van der Waals surface area contributed by atoms with Crippen LogP contribution in [0, 0.1) is 0 Å². The quantitative estimate of drug-likeness (QED) is 0.825. The van der Waals surface area contributed by atoms with E-state index >= 15 is 0 Å². The van der Waals surface area contributed by atoms with Gasteiger partial charge in [0.05, 0.1) is 12.7 Å². The summed E-state index contributed by atoms with van der Waals surface area (Å²) in [5, 5.41) is 17.7. The Morgan fingerprint density at radius 2 is 1.89 bits per heavy atom. The number of rotatable bonds is 4. The molecule has 2 N–H and O–H groups in total. The molecule has 104 valence electrons. The fraction of sp³-hybridized carbons (Fsp3) is 0.455. The molecule has 1 fully saturated rings. The number of benzene rings is 1. The van der Waals surface area contributed by atoms with Crippen molar-refractivity contribution in [3.63, 3.8) is 0 Å². The van der Waals surface area contributed by atoms with Gasteiger partial charge in [0.15, 0.2) is 5.75 Å². The predicted octanol–water partition coefficient (Wildman–Crippen LogP) is 1.94. The van der Waals surface area contributed by atoms with E-state index < -0.39 is 19.1 Å². The van der Waals surface area contributed by atoms with E-state index in [9.17, 15) is 13.2 Å². The molecule has 0 heterocycles. The Morgan fingerprint density at radius 1 is 1.26 bits per heavy atom. The standard InChI is InChI=1S/C11H12BF3O4/c1-18-9-5-7(11(13,14)15)4-8(6-2-3-6)10(9)19-12(16)17/h4-6,16-17H,2-3H2,1H3. The van der Waals surface area contributed by atoms with Gasteiger partial charge in [-0.2, -0.15) is 13.2 Å². The number of hydrogen-bond acceptors (Lipinski definition) is 4. The van der Waals surface area contributed by atoms with Crippen molar-refractivity contribution in [2.75, 3.05) is 7.11 Å². The highest BCUT2D eigenvalue weighted by molar-refractivity contribution is 6.33. The van der Waals surface area contributed by atoms with Crippen molar-refractivity contribution in [2.24, 2.45) is 0 Å². The summed E-state index contributed by atoms with van der Waals surface area (Å²) in [6.45, 7) is 0. The Morgan fingerprint density at radius 3 is 2.32 bits per heavy atom. The van der Waals surface area contributed by atoms with Crippen molar-refractivity contribution in [1.82, 2.24) is 0 Å². The molecule has 1 aromatic carbocycles. The summed E-state index contributed by atoms with van der Waals surface area (Å²) in [6.07, 6.45) is -3.02. The highest BCUT2D eigenvalue weighted by atomic mass is 19.4. The van der Waals surface area contributed by atoms with Gasteiger partial charge in [-0.25, -0.2) is 0 Å². The third kappa shape index (κ3) is 3.13. The first-order chi connectivity index (χ1) is 8.82. The summed E-state index contributed by atoms with van der Waals surface area (Å²) >= 11 is 0. The Bertz CT molecular complexity index is 472. The lowest BCUT2D eigenvalue weighted by Crippen LogP contribution is -2.22. The average Bonchev–Trinajstić information content (AvgIpc) is 3.10. The van der Waals surface area contributed by atoms with Crippen LogP contribution in [0.5, 0.6) is 11.5 Å². The predicted molar refractivity (Wildman–Crippen MR) is 60.8 cm³/mol. The van der Waals surface area contributed by atoms with Gasteiger partial charge in [-0.15, -0.1) is 0 Å². The molecule has 0 atom stereocenters. The SMILES string of the molecule is COc1cc(C(F)(F)F)cc(C2CC2)c1OB(O)O. The molecule has 1 aliphatic rings. The number of hydrogen-bond donors (Lipinski definition) is 2. The van der Waals surface area contributed by atoms with Crippen LogP contribution in [0.3, 0.4) is 0 Å². The second-order valence-corrected chi connectivity index (χ2v) is 4.31. The largest absolute Gasteiger partial charge is 0.707 e. The molecule has 1 saturated carbocycles. The van der Waals surface area contributed by atoms with Crippen LogP contribution in [0.25, 0.3) is 0 Å². The molecule has 0 spiro atoms. The zero-order chi connectivity index (χ0) is 14.2. The van der Waals surface area contributed by atoms with Gasteiger partial charge in [0.25, 0.3) is 0 Å². The maximum atomic E-state index is 12.8. The number of ether oxygens (including phenoxy) is 1. The van der Waals surface area contributed by atoms with E-state index in [-0.39, 0.29) is 17.4 Å². The molecule has 0 saturated heterocycles. The molecule has 0 aliphatic heterocycles. The van der Waals surface area contributed by atoms with E-state index in [1.807, 2.05) is 0 Å². The minimum atomic E-state index is -4.49. The van der Waals surface area contributed by atoms with Crippen LogP contribution in [-0.2, 0) is 6.18 Å². The first-order valence-electron chi connectivity index (χ1n) is 5.65. The van der Waals surface area contributed by atoms with Crippen LogP contribution in [0.2, 0.25) is 0 Å². The molecule has 0 unspecified atom stereocenters. The fourth-order valence-electron chi connectivity index (χ4n) is 1.87. The first-order valence-corrected chi connectivity index (χ1v) is 5.65. The molecule has 8 heteroatoms. The highest BCUT2D eigenvalue weighted by Gasteiger charge is 2.37. The molecule has 2 rings (SSSR count). The van der Waals surface area contributed by atoms with Crippen LogP contribution in [0.15, 0.2) is 12.1 Å². The van der Waals surface area contributed by atoms with Crippen molar-refractivity contribution >= 4 is 7.32 Å². The molecule has 1 aliphatic carbocycles. The molecule has 0 bridgehead atoms. The van der Waals surface area contributed by atoms with E-state index in [1.165, 1.54) is 7.11 Å². The first kappa shape index (κ1) is 14.0. The van der Waals surface area contributed by atoms with Gasteiger partial charge in [0.1, 0.15) is 5.75 Å². The van der Waals surface area contributed by atoms with Gasteiger partial charge in [-0.1, -0.05) is 0 Å². The smallest absolute Gasteiger partial charge is 0.509 e.